The normalized spacial score (nSPS) is 17.0. The first-order chi connectivity index (χ1) is 13.0. The number of aromatic nitrogens is 2. The third-order valence-electron chi connectivity index (χ3n) is 5.29. The molecular formula is C19H22FN5O2. The number of carbonyl (C=O) groups is 2. The summed E-state index contributed by atoms with van der Waals surface area (Å²) in [6.45, 7) is 1.20. The van der Waals surface area contributed by atoms with Gasteiger partial charge >= 0.3 is 6.03 Å². The van der Waals surface area contributed by atoms with Crippen LogP contribution in [0.5, 0.6) is 0 Å². The molecule has 0 saturated heterocycles. The van der Waals surface area contributed by atoms with Gasteiger partial charge in [-0.2, -0.15) is 5.10 Å². The molecular weight excluding hydrogens is 349 g/mol. The Bertz CT molecular complexity index is 888. The number of rotatable bonds is 3. The predicted molar refractivity (Wildman–Crippen MR) is 97.3 cm³/mol. The van der Waals surface area contributed by atoms with E-state index in [0.717, 1.165) is 25.7 Å². The lowest BCUT2D eigenvalue weighted by Gasteiger charge is -2.29. The number of halogens is 1. The standard InChI is InChI=1S/C19H22FN5O2/c20-13-5-3-4-12(10-13)17-16(18(21)26)15-11-24(8-9-25(15)23-17)19(27)22-14-6-1-2-7-14/h3-5,10,14H,1-2,6-9,11H2,(H2,21,26)(H,22,27). The van der Waals surface area contributed by atoms with Crippen LogP contribution < -0.4 is 11.1 Å². The van der Waals surface area contributed by atoms with Crippen LogP contribution in [-0.4, -0.2) is 39.2 Å². The van der Waals surface area contributed by atoms with Crippen LogP contribution >= 0.6 is 0 Å². The number of hydrogen-bond acceptors (Lipinski definition) is 3. The summed E-state index contributed by atoms with van der Waals surface area (Å²) in [4.78, 5) is 26.4. The Hall–Kier alpha value is -2.90. The third kappa shape index (κ3) is 3.39. The zero-order chi connectivity index (χ0) is 19.0. The first-order valence-electron chi connectivity index (χ1n) is 9.24. The molecule has 0 spiro atoms. The molecule has 2 heterocycles. The minimum absolute atomic E-state index is 0.128. The monoisotopic (exact) mass is 371 g/mol. The van der Waals surface area contributed by atoms with E-state index in [1.54, 1.807) is 21.7 Å². The Morgan fingerprint density at radius 2 is 2.00 bits per heavy atom. The molecule has 0 radical (unpaired) electrons. The highest BCUT2D eigenvalue weighted by molar-refractivity contribution is 6.00. The second kappa shape index (κ2) is 7.02. The molecule has 8 heteroatoms. The fourth-order valence-electron chi connectivity index (χ4n) is 3.92. The molecule has 1 aliphatic carbocycles. The zero-order valence-corrected chi connectivity index (χ0v) is 14.9. The van der Waals surface area contributed by atoms with Crippen LogP contribution in [0.15, 0.2) is 24.3 Å². The Morgan fingerprint density at radius 3 is 2.70 bits per heavy atom. The van der Waals surface area contributed by atoms with Gasteiger partial charge in [-0.15, -0.1) is 0 Å². The molecule has 7 nitrogen and oxygen atoms in total. The first kappa shape index (κ1) is 17.5. The molecule has 1 aromatic carbocycles. The lowest BCUT2D eigenvalue weighted by Crippen LogP contribution is -2.47. The molecule has 0 bridgehead atoms. The topological polar surface area (TPSA) is 93.2 Å². The van der Waals surface area contributed by atoms with Crippen LogP contribution in [0.1, 0.15) is 41.7 Å². The largest absolute Gasteiger partial charge is 0.365 e. The van der Waals surface area contributed by atoms with Gasteiger partial charge < -0.3 is 16.0 Å². The lowest BCUT2D eigenvalue weighted by molar-refractivity contribution is 0.0997. The van der Waals surface area contributed by atoms with E-state index in [1.165, 1.54) is 12.1 Å². The lowest BCUT2D eigenvalue weighted by atomic mass is 10.0. The van der Waals surface area contributed by atoms with Crippen LogP contribution in [0.4, 0.5) is 9.18 Å². The summed E-state index contributed by atoms with van der Waals surface area (Å²) in [5.74, 6) is -1.04. The van der Waals surface area contributed by atoms with Gasteiger partial charge in [0, 0.05) is 18.2 Å². The average molecular weight is 371 g/mol. The van der Waals surface area contributed by atoms with Crippen LogP contribution in [0.25, 0.3) is 11.3 Å². The zero-order valence-electron chi connectivity index (χ0n) is 14.9. The molecule has 0 atom stereocenters. The van der Waals surface area contributed by atoms with Gasteiger partial charge in [0.2, 0.25) is 0 Å². The molecule has 27 heavy (non-hydrogen) atoms. The number of nitrogens with zero attached hydrogens (tertiary/aromatic N) is 3. The maximum absolute atomic E-state index is 13.6. The molecule has 4 rings (SSSR count). The van der Waals surface area contributed by atoms with Gasteiger partial charge in [0.25, 0.3) is 5.91 Å². The van der Waals surface area contributed by atoms with Crippen molar-refractivity contribution in [1.82, 2.24) is 20.0 Å². The number of carbonyl (C=O) groups excluding carboxylic acids is 2. The Balaban J connectivity index is 1.62. The first-order valence-corrected chi connectivity index (χ1v) is 9.24. The summed E-state index contributed by atoms with van der Waals surface area (Å²) in [7, 11) is 0. The highest BCUT2D eigenvalue weighted by Crippen LogP contribution is 2.29. The summed E-state index contributed by atoms with van der Waals surface area (Å²) in [6, 6.07) is 6.01. The van der Waals surface area contributed by atoms with Crippen LogP contribution in [0.2, 0.25) is 0 Å². The molecule has 2 aliphatic rings. The van der Waals surface area contributed by atoms with E-state index >= 15 is 0 Å². The second-order valence-electron chi connectivity index (χ2n) is 7.12. The molecule has 1 fully saturated rings. The van der Waals surface area contributed by atoms with Crippen LogP contribution in [0.3, 0.4) is 0 Å². The molecule has 1 aromatic heterocycles. The van der Waals surface area contributed by atoms with Gasteiger partial charge in [0.05, 0.1) is 24.3 Å². The summed E-state index contributed by atoms with van der Waals surface area (Å²) < 4.78 is 15.3. The van der Waals surface area contributed by atoms with E-state index in [2.05, 4.69) is 10.4 Å². The van der Waals surface area contributed by atoms with Crippen molar-refractivity contribution in [3.05, 3.63) is 41.3 Å². The molecule has 1 saturated carbocycles. The number of fused-ring (bicyclic) bond motifs is 1. The van der Waals surface area contributed by atoms with Gasteiger partial charge in [-0.1, -0.05) is 25.0 Å². The summed E-state index contributed by atoms with van der Waals surface area (Å²) >= 11 is 0. The van der Waals surface area contributed by atoms with Gasteiger partial charge in [-0.05, 0) is 25.0 Å². The third-order valence-corrected chi connectivity index (χ3v) is 5.29. The van der Waals surface area contributed by atoms with Gasteiger partial charge in [0.15, 0.2) is 0 Å². The average Bonchev–Trinajstić information content (AvgIpc) is 3.28. The fourth-order valence-corrected chi connectivity index (χ4v) is 3.92. The second-order valence-corrected chi connectivity index (χ2v) is 7.12. The van der Waals surface area contributed by atoms with Crippen molar-refractivity contribution >= 4 is 11.9 Å². The van der Waals surface area contributed by atoms with Crippen molar-refractivity contribution in [2.24, 2.45) is 5.73 Å². The SMILES string of the molecule is NC(=O)c1c(-c2cccc(F)c2)nn2c1CN(C(=O)NC1CCCC1)CC2. The summed E-state index contributed by atoms with van der Waals surface area (Å²) in [6.07, 6.45) is 4.29. The van der Waals surface area contributed by atoms with E-state index in [1.807, 2.05) is 0 Å². The van der Waals surface area contributed by atoms with E-state index in [0.29, 0.717) is 30.0 Å². The van der Waals surface area contributed by atoms with Crippen molar-refractivity contribution in [1.29, 1.82) is 0 Å². The Labute approximate surface area is 156 Å². The number of urea groups is 1. The molecule has 0 unspecified atom stereocenters. The minimum Gasteiger partial charge on any atom is -0.365 e. The van der Waals surface area contributed by atoms with Gasteiger partial charge in [-0.3, -0.25) is 9.48 Å². The van der Waals surface area contributed by atoms with Crippen molar-refractivity contribution in [3.8, 4) is 11.3 Å². The maximum Gasteiger partial charge on any atom is 0.318 e. The quantitative estimate of drug-likeness (QED) is 0.867. The summed E-state index contributed by atoms with van der Waals surface area (Å²) in [5.41, 5.74) is 7.30. The Kier molecular flexibility index (Phi) is 4.55. The fraction of sp³-hybridized carbons (Fsp3) is 0.421. The molecule has 2 aromatic rings. The van der Waals surface area contributed by atoms with Crippen molar-refractivity contribution in [2.45, 2.75) is 44.8 Å². The predicted octanol–water partition coefficient (Wildman–Crippen LogP) is 2.26. The number of nitrogens with one attached hydrogen (secondary N) is 1. The van der Waals surface area contributed by atoms with E-state index in [9.17, 15) is 14.0 Å². The smallest absolute Gasteiger partial charge is 0.318 e. The minimum atomic E-state index is -0.631. The molecule has 3 amide bonds. The molecule has 142 valence electrons. The molecule has 1 aliphatic heterocycles. The van der Waals surface area contributed by atoms with E-state index in [4.69, 9.17) is 5.73 Å². The molecule has 3 N–H and O–H groups in total. The van der Waals surface area contributed by atoms with Crippen molar-refractivity contribution < 1.29 is 14.0 Å². The maximum atomic E-state index is 13.6. The van der Waals surface area contributed by atoms with Crippen molar-refractivity contribution in [3.63, 3.8) is 0 Å². The highest BCUT2D eigenvalue weighted by atomic mass is 19.1. The summed E-state index contributed by atoms with van der Waals surface area (Å²) in [5, 5.41) is 7.54. The number of benzene rings is 1. The Morgan fingerprint density at radius 1 is 1.22 bits per heavy atom. The van der Waals surface area contributed by atoms with E-state index in [-0.39, 0.29) is 24.2 Å². The van der Waals surface area contributed by atoms with Crippen LogP contribution in [-0.2, 0) is 13.1 Å². The van der Waals surface area contributed by atoms with Gasteiger partial charge in [-0.25, -0.2) is 9.18 Å². The number of primary amides is 1. The highest BCUT2D eigenvalue weighted by Gasteiger charge is 2.30. The number of nitrogens with two attached hydrogens (primary N) is 1. The number of amides is 3. The van der Waals surface area contributed by atoms with E-state index < -0.39 is 11.7 Å². The van der Waals surface area contributed by atoms with Gasteiger partial charge in [0.1, 0.15) is 11.5 Å². The van der Waals surface area contributed by atoms with Crippen LogP contribution in [0, 0.1) is 5.82 Å². The van der Waals surface area contributed by atoms with Crippen molar-refractivity contribution in [2.75, 3.05) is 6.54 Å². The number of hydrogen-bond donors (Lipinski definition) is 2.